The first-order valence-electron chi connectivity index (χ1n) is 4.46. The van der Waals surface area contributed by atoms with E-state index in [1.54, 1.807) is 6.92 Å². The highest BCUT2D eigenvalue weighted by Crippen LogP contribution is 2.09. The van der Waals surface area contributed by atoms with Crippen LogP contribution in [0.1, 0.15) is 28.8 Å². The summed E-state index contributed by atoms with van der Waals surface area (Å²) in [4.78, 5) is 25.3. The molecule has 84 valence electrons. The monoisotopic (exact) mass is 239 g/mol. The first kappa shape index (κ1) is 12.2. The molecule has 1 N–H and O–H groups in total. The molecule has 6 heteroatoms. The van der Waals surface area contributed by atoms with Crippen LogP contribution in [0.25, 0.3) is 0 Å². The molecule has 1 aromatic heterocycles. The molecule has 16 heavy (non-hydrogen) atoms. The van der Waals surface area contributed by atoms with Crippen molar-refractivity contribution in [3.8, 4) is 11.8 Å². The number of aliphatic carboxylic acids is 1. The second-order valence-corrected chi connectivity index (χ2v) is 3.49. The number of carboxylic acid groups (broad SMARTS) is 1. The molecule has 0 saturated heterocycles. The fourth-order valence-corrected chi connectivity index (χ4v) is 1.48. The number of hydrogen-bond donors (Lipinski definition) is 1. The first-order valence-corrected chi connectivity index (χ1v) is 5.34. The van der Waals surface area contributed by atoms with Crippen LogP contribution in [-0.4, -0.2) is 28.6 Å². The zero-order valence-electron chi connectivity index (χ0n) is 8.52. The molecule has 0 unspecified atom stereocenters. The smallest absolute Gasteiger partial charge is 0.357 e. The van der Waals surface area contributed by atoms with Gasteiger partial charge in [-0.05, 0) is 12.8 Å². The molecule has 0 aliphatic heterocycles. The van der Waals surface area contributed by atoms with Gasteiger partial charge in [-0.15, -0.1) is 11.3 Å². The first-order chi connectivity index (χ1) is 7.63. The Labute approximate surface area is 96.1 Å². The van der Waals surface area contributed by atoms with Crippen molar-refractivity contribution in [3.05, 3.63) is 16.1 Å². The molecule has 1 rings (SSSR count). The normalized spacial score (nSPS) is 9.06. The van der Waals surface area contributed by atoms with E-state index in [1.165, 1.54) is 16.7 Å². The highest BCUT2D eigenvalue weighted by atomic mass is 32.1. The Morgan fingerprint density at radius 3 is 3.00 bits per heavy atom. The summed E-state index contributed by atoms with van der Waals surface area (Å²) in [7, 11) is 0. The number of aromatic nitrogens is 1. The van der Waals surface area contributed by atoms with Gasteiger partial charge >= 0.3 is 11.9 Å². The third kappa shape index (κ3) is 3.71. The summed E-state index contributed by atoms with van der Waals surface area (Å²) >= 11 is 1.18. The maximum absolute atomic E-state index is 11.2. The van der Waals surface area contributed by atoms with Gasteiger partial charge in [0.2, 0.25) is 0 Å². The van der Waals surface area contributed by atoms with Crippen molar-refractivity contribution in [1.82, 2.24) is 4.98 Å². The number of hydrogen-bond acceptors (Lipinski definition) is 5. The van der Waals surface area contributed by atoms with Gasteiger partial charge in [-0.2, -0.15) is 0 Å². The maximum atomic E-state index is 11.2. The SMILES string of the molecule is CCOC(=O)c1csc(C#CCC(=O)O)n1. The summed E-state index contributed by atoms with van der Waals surface area (Å²) in [6, 6.07) is 0. The molecule has 0 aromatic carbocycles. The minimum atomic E-state index is -0.991. The van der Waals surface area contributed by atoms with Crippen molar-refractivity contribution >= 4 is 23.3 Å². The van der Waals surface area contributed by atoms with Gasteiger partial charge in [-0.3, -0.25) is 4.79 Å². The summed E-state index contributed by atoms with van der Waals surface area (Å²) in [5.74, 6) is 3.51. The van der Waals surface area contributed by atoms with Crippen molar-refractivity contribution in [2.45, 2.75) is 13.3 Å². The van der Waals surface area contributed by atoms with Crippen LogP contribution in [0.5, 0.6) is 0 Å². The van der Waals surface area contributed by atoms with Gasteiger partial charge in [0, 0.05) is 5.38 Å². The number of thiazole rings is 1. The molecule has 0 amide bonds. The van der Waals surface area contributed by atoms with Gasteiger partial charge < -0.3 is 9.84 Å². The lowest BCUT2D eigenvalue weighted by Crippen LogP contribution is -2.04. The number of carboxylic acids is 1. The van der Waals surface area contributed by atoms with E-state index in [2.05, 4.69) is 16.8 Å². The zero-order chi connectivity index (χ0) is 12.0. The zero-order valence-corrected chi connectivity index (χ0v) is 9.34. The largest absolute Gasteiger partial charge is 0.481 e. The Balaban J connectivity index is 2.66. The maximum Gasteiger partial charge on any atom is 0.357 e. The predicted molar refractivity (Wildman–Crippen MR) is 57.2 cm³/mol. The third-order valence-electron chi connectivity index (χ3n) is 1.42. The second kappa shape index (κ2) is 5.88. The van der Waals surface area contributed by atoms with E-state index in [0.29, 0.717) is 5.01 Å². The molecule has 5 nitrogen and oxygen atoms in total. The topological polar surface area (TPSA) is 76.5 Å². The van der Waals surface area contributed by atoms with Crippen LogP contribution < -0.4 is 0 Å². The molecule has 0 fully saturated rings. The van der Waals surface area contributed by atoms with Crippen molar-refractivity contribution < 1.29 is 19.4 Å². The standard InChI is InChI=1S/C10H9NO4S/c1-2-15-10(14)7-6-16-8(11-7)4-3-5-9(12)13/h6H,2,5H2,1H3,(H,12,13). The molecular weight excluding hydrogens is 230 g/mol. The lowest BCUT2D eigenvalue weighted by Gasteiger charge is -1.95. The lowest BCUT2D eigenvalue weighted by atomic mass is 10.4. The molecule has 0 bridgehead atoms. The Morgan fingerprint density at radius 2 is 2.38 bits per heavy atom. The van der Waals surface area contributed by atoms with E-state index in [9.17, 15) is 9.59 Å². The fourth-order valence-electron chi connectivity index (χ4n) is 0.825. The van der Waals surface area contributed by atoms with Crippen molar-refractivity contribution in [3.63, 3.8) is 0 Å². The van der Waals surface area contributed by atoms with Crippen LogP contribution in [0.3, 0.4) is 0 Å². The minimum Gasteiger partial charge on any atom is -0.481 e. The minimum absolute atomic E-state index is 0.200. The average Bonchev–Trinajstić information content (AvgIpc) is 2.66. The molecule has 0 spiro atoms. The van der Waals surface area contributed by atoms with E-state index in [1.807, 2.05) is 0 Å². The molecule has 0 aliphatic carbocycles. The van der Waals surface area contributed by atoms with E-state index < -0.39 is 11.9 Å². The van der Waals surface area contributed by atoms with Crippen LogP contribution in [-0.2, 0) is 9.53 Å². The molecule has 0 atom stereocenters. The van der Waals surface area contributed by atoms with Crippen LogP contribution in [0, 0.1) is 11.8 Å². The van der Waals surface area contributed by atoms with Crippen molar-refractivity contribution in [2.75, 3.05) is 6.61 Å². The summed E-state index contributed by atoms with van der Waals surface area (Å²) in [5, 5.41) is 10.3. The number of rotatable bonds is 3. The average molecular weight is 239 g/mol. The van der Waals surface area contributed by atoms with Crippen molar-refractivity contribution in [2.24, 2.45) is 0 Å². The third-order valence-corrected chi connectivity index (χ3v) is 2.18. The molecule has 0 aliphatic rings. The Morgan fingerprint density at radius 1 is 1.62 bits per heavy atom. The van der Waals surface area contributed by atoms with Gasteiger partial charge in [-0.1, -0.05) is 5.92 Å². The number of carbonyl (C=O) groups excluding carboxylic acids is 1. The van der Waals surface area contributed by atoms with Gasteiger partial charge in [0.15, 0.2) is 10.7 Å². The molecule has 0 radical (unpaired) electrons. The number of ether oxygens (including phenoxy) is 1. The highest BCUT2D eigenvalue weighted by Gasteiger charge is 2.10. The second-order valence-electron chi connectivity index (χ2n) is 2.63. The van der Waals surface area contributed by atoms with Gasteiger partial charge in [-0.25, -0.2) is 9.78 Å². The van der Waals surface area contributed by atoms with Crippen LogP contribution >= 0.6 is 11.3 Å². The number of carbonyl (C=O) groups is 2. The lowest BCUT2D eigenvalue weighted by molar-refractivity contribution is -0.135. The van der Waals surface area contributed by atoms with E-state index in [-0.39, 0.29) is 18.7 Å². The van der Waals surface area contributed by atoms with Gasteiger partial charge in [0.1, 0.15) is 6.42 Å². The Hall–Kier alpha value is -1.87. The summed E-state index contributed by atoms with van der Waals surface area (Å²) in [6.45, 7) is 1.99. The molecular formula is C10H9NO4S. The number of nitrogens with zero attached hydrogens (tertiary/aromatic N) is 1. The highest BCUT2D eigenvalue weighted by molar-refractivity contribution is 7.10. The van der Waals surface area contributed by atoms with Crippen LogP contribution in [0.4, 0.5) is 0 Å². The molecule has 1 heterocycles. The Kier molecular flexibility index (Phi) is 4.48. The van der Waals surface area contributed by atoms with E-state index in [0.717, 1.165) is 0 Å². The summed E-state index contributed by atoms with van der Waals surface area (Å²) < 4.78 is 4.75. The van der Waals surface area contributed by atoms with Crippen molar-refractivity contribution in [1.29, 1.82) is 0 Å². The molecule has 1 aromatic rings. The van der Waals surface area contributed by atoms with Gasteiger partial charge in [0.05, 0.1) is 6.61 Å². The quantitative estimate of drug-likeness (QED) is 0.632. The van der Waals surface area contributed by atoms with Gasteiger partial charge in [0.25, 0.3) is 0 Å². The summed E-state index contributed by atoms with van der Waals surface area (Å²) in [6.07, 6.45) is -0.242. The van der Waals surface area contributed by atoms with Crippen LogP contribution in [0.15, 0.2) is 5.38 Å². The van der Waals surface area contributed by atoms with E-state index in [4.69, 9.17) is 9.84 Å². The predicted octanol–water partition coefficient (Wildman–Crippen LogP) is 1.15. The Bertz CT molecular complexity index is 455. The van der Waals surface area contributed by atoms with Crippen LogP contribution in [0.2, 0.25) is 0 Å². The van der Waals surface area contributed by atoms with E-state index >= 15 is 0 Å². The molecule has 0 saturated carbocycles. The fraction of sp³-hybridized carbons (Fsp3) is 0.300. The number of esters is 1. The summed E-state index contributed by atoms with van der Waals surface area (Å²) in [5.41, 5.74) is 0.200.